The highest BCUT2D eigenvalue weighted by Gasteiger charge is 2.28. The minimum Gasteiger partial charge on any atom is -0.480 e. The Balaban J connectivity index is 1.43. The molecular formula is C31H33BrIN5O4S. The molecule has 2 aromatic carbocycles. The van der Waals surface area contributed by atoms with Crippen molar-refractivity contribution in [2.24, 2.45) is 0 Å². The second-order valence-corrected chi connectivity index (χ2v) is 13.5. The van der Waals surface area contributed by atoms with Gasteiger partial charge in [0.15, 0.2) is 0 Å². The predicted octanol–water partition coefficient (Wildman–Crippen LogP) is 8.06. The Morgan fingerprint density at radius 1 is 1.19 bits per heavy atom. The first-order valence-electron chi connectivity index (χ1n) is 13.6. The van der Waals surface area contributed by atoms with Crippen LogP contribution in [-0.4, -0.2) is 52.7 Å². The van der Waals surface area contributed by atoms with E-state index in [0.29, 0.717) is 40.7 Å². The number of nitrogens with zero attached hydrogens (tertiary/aromatic N) is 3. The lowest BCUT2D eigenvalue weighted by atomic mass is 9.87. The van der Waals surface area contributed by atoms with Gasteiger partial charge in [0.2, 0.25) is 11.8 Å². The number of aromatic nitrogens is 2. The van der Waals surface area contributed by atoms with Crippen molar-refractivity contribution in [3.63, 3.8) is 0 Å². The Kier molecular flexibility index (Phi) is 11.2. The minimum atomic E-state index is -0.500. The van der Waals surface area contributed by atoms with Gasteiger partial charge >= 0.3 is 6.09 Å². The number of hydrogen-bond acceptors (Lipinski definition) is 8. The standard InChI is InChI=1S/C31H33BrIN5O4S/c1-19-17-22(9-10-23(19)20-11-14-38(15-12-20)30(40)42-31(2,3)4)35-29-34-18-24(28(37-29)41-5)27(39)36-26-21(13-16-43-33)7-6-8-25(26)32/h6-10,17-18,20H,11-12,14-15H2,1-5H3,(H,36,39)(H,34,35,37). The molecule has 3 aromatic rings. The lowest BCUT2D eigenvalue weighted by molar-refractivity contribution is 0.0204. The van der Waals surface area contributed by atoms with Gasteiger partial charge in [-0.3, -0.25) is 4.79 Å². The number of rotatable bonds is 6. The van der Waals surface area contributed by atoms with Gasteiger partial charge in [-0.25, -0.2) is 9.78 Å². The average Bonchev–Trinajstić information content (AvgIpc) is 2.96. The lowest BCUT2D eigenvalue weighted by Crippen LogP contribution is -2.41. The molecule has 0 atom stereocenters. The fourth-order valence-electron chi connectivity index (χ4n) is 4.79. The normalized spacial score (nSPS) is 13.5. The zero-order chi connectivity index (χ0) is 31.1. The summed E-state index contributed by atoms with van der Waals surface area (Å²) in [7, 11) is 2.82. The maximum absolute atomic E-state index is 13.2. The number of aryl methyl sites for hydroxylation is 1. The summed E-state index contributed by atoms with van der Waals surface area (Å²) < 4.78 is 11.7. The molecule has 1 fully saturated rings. The van der Waals surface area contributed by atoms with E-state index in [4.69, 9.17) is 9.47 Å². The van der Waals surface area contributed by atoms with E-state index >= 15 is 0 Å². The molecule has 0 aliphatic carbocycles. The smallest absolute Gasteiger partial charge is 0.410 e. The SMILES string of the molecule is COc1nc(Nc2ccc(C3CCN(C(=O)OC(C)(C)C)CC3)c(C)c2)ncc1C(=O)Nc1c(Br)cccc1C#CSI. The summed E-state index contributed by atoms with van der Waals surface area (Å²) in [5, 5.41) is 9.06. The highest BCUT2D eigenvalue weighted by molar-refractivity contribution is 14.2. The molecule has 226 valence electrons. The maximum Gasteiger partial charge on any atom is 0.410 e. The number of piperidine rings is 1. The fourth-order valence-corrected chi connectivity index (χ4v) is 5.73. The number of amides is 2. The van der Waals surface area contributed by atoms with Crippen molar-refractivity contribution in [3.05, 3.63) is 69.3 Å². The van der Waals surface area contributed by atoms with Gasteiger partial charge in [-0.15, -0.1) is 0 Å². The van der Waals surface area contributed by atoms with E-state index in [-0.39, 0.29) is 17.5 Å². The van der Waals surface area contributed by atoms with E-state index in [9.17, 15) is 9.59 Å². The van der Waals surface area contributed by atoms with Gasteiger partial charge in [-0.05, 0) is 112 Å². The van der Waals surface area contributed by atoms with Gasteiger partial charge < -0.3 is 25.0 Å². The number of halogens is 2. The molecule has 12 heteroatoms. The molecule has 1 aliphatic heterocycles. The van der Waals surface area contributed by atoms with E-state index in [1.54, 1.807) is 4.90 Å². The Hall–Kier alpha value is -3.02. The predicted molar refractivity (Wildman–Crippen MR) is 183 cm³/mol. The van der Waals surface area contributed by atoms with Gasteiger partial charge in [0.1, 0.15) is 11.2 Å². The van der Waals surface area contributed by atoms with E-state index < -0.39 is 11.5 Å². The van der Waals surface area contributed by atoms with E-state index in [2.05, 4.69) is 88.0 Å². The summed E-state index contributed by atoms with van der Waals surface area (Å²) in [6.45, 7) is 9.06. The van der Waals surface area contributed by atoms with Crippen molar-refractivity contribution in [1.82, 2.24) is 14.9 Å². The molecule has 2 N–H and O–H groups in total. The van der Waals surface area contributed by atoms with Crippen molar-refractivity contribution >= 4 is 75.4 Å². The molecule has 2 heterocycles. The number of ether oxygens (including phenoxy) is 2. The third kappa shape index (κ3) is 8.77. The minimum absolute atomic E-state index is 0.141. The van der Waals surface area contributed by atoms with Crippen LogP contribution in [0.1, 0.15) is 66.6 Å². The second kappa shape index (κ2) is 14.6. The molecule has 1 saturated heterocycles. The lowest BCUT2D eigenvalue weighted by Gasteiger charge is -2.34. The van der Waals surface area contributed by atoms with Crippen LogP contribution >= 0.6 is 46.1 Å². The summed E-state index contributed by atoms with van der Waals surface area (Å²) in [5.74, 6) is 3.42. The molecule has 0 saturated carbocycles. The Morgan fingerprint density at radius 2 is 1.93 bits per heavy atom. The van der Waals surface area contributed by atoms with Gasteiger partial charge in [-0.1, -0.05) is 18.1 Å². The van der Waals surface area contributed by atoms with E-state index in [1.807, 2.05) is 45.0 Å². The number of hydrogen-bond donors (Lipinski definition) is 2. The Bertz CT molecular complexity index is 1560. The van der Waals surface area contributed by atoms with Crippen LogP contribution < -0.4 is 15.4 Å². The highest BCUT2D eigenvalue weighted by atomic mass is 127. The first-order valence-corrected chi connectivity index (χ1v) is 17.8. The Morgan fingerprint density at radius 3 is 2.58 bits per heavy atom. The molecule has 1 aliphatic rings. The largest absolute Gasteiger partial charge is 0.480 e. The zero-order valence-corrected chi connectivity index (χ0v) is 29.1. The third-order valence-corrected chi connectivity index (χ3v) is 8.28. The van der Waals surface area contributed by atoms with Crippen LogP contribution in [0.4, 0.5) is 22.1 Å². The van der Waals surface area contributed by atoms with E-state index in [0.717, 1.165) is 24.1 Å². The molecule has 9 nitrogen and oxygen atoms in total. The molecule has 2 amide bonds. The highest BCUT2D eigenvalue weighted by Crippen LogP contribution is 2.33. The van der Waals surface area contributed by atoms with E-state index in [1.165, 1.54) is 27.8 Å². The molecule has 0 radical (unpaired) electrons. The number of nitrogens with one attached hydrogen (secondary N) is 2. The van der Waals surface area contributed by atoms with Crippen LogP contribution in [0.3, 0.4) is 0 Å². The van der Waals surface area contributed by atoms with Gasteiger partial charge in [0.25, 0.3) is 5.91 Å². The van der Waals surface area contributed by atoms with Crippen molar-refractivity contribution in [3.8, 4) is 17.1 Å². The summed E-state index contributed by atoms with van der Waals surface area (Å²) in [6, 6.07) is 11.7. The quantitative estimate of drug-likeness (QED) is 0.191. The molecular weight excluding hydrogens is 745 g/mol. The topological polar surface area (TPSA) is 106 Å². The monoisotopic (exact) mass is 777 g/mol. The number of carbonyl (C=O) groups excluding carboxylic acids is 2. The maximum atomic E-state index is 13.2. The molecule has 1 aromatic heterocycles. The first-order chi connectivity index (χ1) is 20.5. The number of para-hydroxylation sites is 1. The van der Waals surface area contributed by atoms with Crippen LogP contribution in [0.25, 0.3) is 0 Å². The summed E-state index contributed by atoms with van der Waals surface area (Å²) in [4.78, 5) is 36.2. The number of benzene rings is 2. The molecule has 0 bridgehead atoms. The second-order valence-electron chi connectivity index (χ2n) is 11.0. The number of methoxy groups -OCH3 is 1. The fraction of sp³-hybridized carbons (Fsp3) is 0.355. The first kappa shape index (κ1) is 32.9. The van der Waals surface area contributed by atoms with Gasteiger partial charge in [-0.2, -0.15) is 4.98 Å². The van der Waals surface area contributed by atoms with Crippen molar-refractivity contribution in [1.29, 1.82) is 0 Å². The van der Waals surface area contributed by atoms with Crippen molar-refractivity contribution in [2.75, 3.05) is 30.8 Å². The van der Waals surface area contributed by atoms with Crippen LogP contribution in [0.5, 0.6) is 5.88 Å². The summed E-state index contributed by atoms with van der Waals surface area (Å²) in [5.41, 5.74) is 4.13. The van der Waals surface area contributed by atoms with Crippen molar-refractivity contribution < 1.29 is 19.1 Å². The molecule has 4 rings (SSSR count). The van der Waals surface area contributed by atoms with Crippen LogP contribution in [-0.2, 0) is 4.74 Å². The number of likely N-dealkylation sites (tertiary alicyclic amines) is 1. The molecule has 43 heavy (non-hydrogen) atoms. The number of carbonyl (C=O) groups is 2. The van der Waals surface area contributed by atoms with Gasteiger partial charge in [0, 0.05) is 50.7 Å². The Labute approximate surface area is 277 Å². The van der Waals surface area contributed by atoms with Crippen molar-refractivity contribution in [2.45, 2.75) is 52.1 Å². The zero-order valence-electron chi connectivity index (χ0n) is 24.6. The summed E-state index contributed by atoms with van der Waals surface area (Å²) >= 11 is 5.59. The van der Waals surface area contributed by atoms with Crippen LogP contribution in [0, 0.1) is 18.1 Å². The number of anilines is 3. The van der Waals surface area contributed by atoms with Crippen LogP contribution in [0.2, 0.25) is 0 Å². The van der Waals surface area contributed by atoms with Crippen LogP contribution in [0.15, 0.2) is 47.1 Å². The summed E-state index contributed by atoms with van der Waals surface area (Å²) in [6.07, 6.45) is 2.94. The molecule has 0 unspecified atom stereocenters. The molecule has 0 spiro atoms. The average molecular weight is 779 g/mol. The third-order valence-electron chi connectivity index (χ3n) is 6.78. The van der Waals surface area contributed by atoms with Gasteiger partial charge in [0.05, 0.1) is 18.4 Å².